The van der Waals surface area contributed by atoms with Crippen LogP contribution in [-0.2, 0) is 14.3 Å². The molecule has 1 aromatic rings. The Morgan fingerprint density at radius 2 is 2.11 bits per heavy atom. The van der Waals surface area contributed by atoms with Crippen molar-refractivity contribution in [2.45, 2.75) is 25.9 Å². The second-order valence-electron chi connectivity index (χ2n) is 6.65. The van der Waals surface area contributed by atoms with Gasteiger partial charge in [-0.3, -0.25) is 14.5 Å². The molecule has 2 atom stereocenters. The van der Waals surface area contributed by atoms with Crippen molar-refractivity contribution in [1.82, 2.24) is 4.90 Å². The highest BCUT2D eigenvalue weighted by atomic mass is 32.2. The third-order valence-electron chi connectivity index (χ3n) is 4.79. The summed E-state index contributed by atoms with van der Waals surface area (Å²) in [5.74, 6) is -0.871. The van der Waals surface area contributed by atoms with Crippen molar-refractivity contribution in [3.8, 4) is 0 Å². The maximum Gasteiger partial charge on any atom is 0.265 e. The molecule has 3 aliphatic rings. The molecule has 0 N–H and O–H groups in total. The lowest BCUT2D eigenvalue weighted by Crippen LogP contribution is -2.35. The van der Waals surface area contributed by atoms with E-state index in [0.29, 0.717) is 27.2 Å². The number of nitrogens with zero attached hydrogens (tertiary/aromatic N) is 3. The summed E-state index contributed by atoms with van der Waals surface area (Å²) < 4.78 is 6.13. The molecule has 0 radical (unpaired) electrons. The van der Waals surface area contributed by atoms with Crippen molar-refractivity contribution < 1.29 is 14.3 Å². The first-order chi connectivity index (χ1) is 13.0. The molecule has 2 amide bonds. The lowest BCUT2D eigenvalue weighted by Gasteiger charge is -2.18. The van der Waals surface area contributed by atoms with Crippen molar-refractivity contribution in [1.29, 1.82) is 0 Å². The lowest BCUT2D eigenvalue weighted by molar-refractivity contribution is -0.123. The first kappa shape index (κ1) is 18.3. The number of carbonyl (C=O) groups excluding carboxylic acids is 2. The molecule has 4 rings (SSSR count). The predicted molar refractivity (Wildman–Crippen MR) is 109 cm³/mol. The molecule has 3 aliphatic heterocycles. The molecule has 2 unspecified atom stereocenters. The average molecular weight is 402 g/mol. The van der Waals surface area contributed by atoms with E-state index in [1.807, 2.05) is 30.3 Å². The van der Waals surface area contributed by atoms with Crippen LogP contribution in [0.15, 0.2) is 46.4 Å². The molecule has 27 heavy (non-hydrogen) atoms. The summed E-state index contributed by atoms with van der Waals surface area (Å²) >= 11 is 6.62. The number of thiocarbonyl (C=S) groups is 1. The van der Waals surface area contributed by atoms with Crippen LogP contribution in [0.25, 0.3) is 0 Å². The number of para-hydroxylation sites is 1. The van der Waals surface area contributed by atoms with Crippen LogP contribution in [0.4, 0.5) is 5.69 Å². The zero-order valence-electron chi connectivity index (χ0n) is 14.8. The number of anilines is 1. The van der Waals surface area contributed by atoms with Gasteiger partial charge in [0.2, 0.25) is 0 Å². The molecule has 1 aromatic carbocycles. The Kier molecular flexibility index (Phi) is 5.12. The van der Waals surface area contributed by atoms with Crippen LogP contribution in [0.3, 0.4) is 0 Å². The molecule has 8 heteroatoms. The molecule has 0 aliphatic carbocycles. The number of thioether (sulfide) groups is 1. The fraction of sp³-hybridized carbons (Fsp3) is 0.368. The maximum atomic E-state index is 12.8. The van der Waals surface area contributed by atoms with Crippen LogP contribution in [0.5, 0.6) is 0 Å². The van der Waals surface area contributed by atoms with Gasteiger partial charge in [-0.25, -0.2) is 0 Å². The Morgan fingerprint density at radius 3 is 2.81 bits per heavy atom. The van der Waals surface area contributed by atoms with Crippen LogP contribution < -0.4 is 5.01 Å². The van der Waals surface area contributed by atoms with E-state index in [0.717, 1.165) is 19.4 Å². The van der Waals surface area contributed by atoms with Gasteiger partial charge in [0.05, 0.1) is 34.9 Å². The summed E-state index contributed by atoms with van der Waals surface area (Å²) in [7, 11) is 0. The third-order valence-corrected chi connectivity index (χ3v) is 6.18. The molecular weight excluding hydrogens is 382 g/mol. The van der Waals surface area contributed by atoms with E-state index in [1.165, 1.54) is 16.8 Å². The van der Waals surface area contributed by atoms with Crippen LogP contribution in [-0.4, -0.2) is 46.0 Å². The van der Waals surface area contributed by atoms with Crippen molar-refractivity contribution in [2.24, 2.45) is 11.0 Å². The largest absolute Gasteiger partial charge is 0.376 e. The minimum absolute atomic E-state index is 0.0387. The number of benzene rings is 1. The highest BCUT2D eigenvalue weighted by molar-refractivity contribution is 8.26. The molecule has 0 bridgehead atoms. The number of carbonyl (C=O) groups is 2. The maximum absolute atomic E-state index is 12.8. The smallest absolute Gasteiger partial charge is 0.265 e. The van der Waals surface area contributed by atoms with E-state index in [1.54, 1.807) is 17.9 Å². The van der Waals surface area contributed by atoms with E-state index in [-0.39, 0.29) is 17.9 Å². The normalized spacial score (nSPS) is 27.2. The quantitative estimate of drug-likeness (QED) is 0.573. The van der Waals surface area contributed by atoms with Crippen LogP contribution in [0, 0.1) is 5.92 Å². The standard InChI is InChI=1S/C19H19N3O3S2/c1-12-15(17(23)22(20-12)13-6-3-2-4-7-13)10-16-18(24)21(19(26)27-16)11-14-8-5-9-25-14/h2-4,6-7,10,14-15H,5,8-9,11H2,1H3. The Hall–Kier alpha value is -2.03. The van der Waals surface area contributed by atoms with Gasteiger partial charge in [-0.05, 0) is 38.0 Å². The highest BCUT2D eigenvalue weighted by Crippen LogP contribution is 2.34. The first-order valence-corrected chi connectivity index (χ1v) is 10.1. The number of rotatable bonds is 4. The highest BCUT2D eigenvalue weighted by Gasteiger charge is 2.38. The molecule has 2 saturated heterocycles. The average Bonchev–Trinajstić information content (AvgIpc) is 3.35. The molecule has 6 nitrogen and oxygen atoms in total. The van der Waals surface area contributed by atoms with Gasteiger partial charge in [0.1, 0.15) is 4.32 Å². The van der Waals surface area contributed by atoms with E-state index in [4.69, 9.17) is 17.0 Å². The molecule has 0 spiro atoms. The lowest BCUT2D eigenvalue weighted by atomic mass is 10.0. The predicted octanol–water partition coefficient (Wildman–Crippen LogP) is 2.95. The van der Waals surface area contributed by atoms with E-state index in [2.05, 4.69) is 5.10 Å². The molecule has 0 aromatic heterocycles. The molecule has 0 saturated carbocycles. The van der Waals surface area contributed by atoms with Crippen molar-refractivity contribution in [3.63, 3.8) is 0 Å². The second-order valence-corrected chi connectivity index (χ2v) is 8.33. The van der Waals surface area contributed by atoms with Gasteiger partial charge in [0, 0.05) is 6.61 Å². The number of ether oxygens (including phenoxy) is 1. The summed E-state index contributed by atoms with van der Waals surface area (Å²) in [6.45, 7) is 3.01. The fourth-order valence-corrected chi connectivity index (χ4v) is 4.62. The van der Waals surface area contributed by atoms with Crippen molar-refractivity contribution >= 4 is 51.5 Å². The zero-order chi connectivity index (χ0) is 19.0. The summed E-state index contributed by atoms with van der Waals surface area (Å²) in [5.41, 5.74) is 1.37. The first-order valence-electron chi connectivity index (χ1n) is 8.86. The third kappa shape index (κ3) is 3.56. The minimum atomic E-state index is -0.554. The molecule has 140 valence electrons. The summed E-state index contributed by atoms with van der Waals surface area (Å²) in [6.07, 6.45) is 3.68. The Balaban J connectivity index is 1.51. The fourth-order valence-electron chi connectivity index (χ4n) is 3.34. The SMILES string of the molecule is CC1=NN(c2ccccc2)C(=O)C1C=C1SC(=S)N(CC2CCCO2)C1=O. The Bertz CT molecular complexity index is 847. The number of amides is 2. The van der Waals surface area contributed by atoms with E-state index < -0.39 is 5.92 Å². The monoisotopic (exact) mass is 401 g/mol. The molecule has 2 fully saturated rings. The van der Waals surface area contributed by atoms with Gasteiger partial charge in [0.25, 0.3) is 11.8 Å². The van der Waals surface area contributed by atoms with Gasteiger partial charge < -0.3 is 4.74 Å². The number of hydrogen-bond donors (Lipinski definition) is 0. The van der Waals surface area contributed by atoms with Crippen molar-refractivity contribution in [3.05, 3.63) is 41.3 Å². The number of hydrogen-bond acceptors (Lipinski definition) is 6. The summed E-state index contributed by atoms with van der Waals surface area (Å²) in [5, 5.41) is 5.77. The van der Waals surface area contributed by atoms with Crippen LogP contribution >= 0.6 is 24.0 Å². The molecule has 3 heterocycles. The Morgan fingerprint density at radius 1 is 1.33 bits per heavy atom. The minimum Gasteiger partial charge on any atom is -0.376 e. The van der Waals surface area contributed by atoms with Gasteiger partial charge in [-0.15, -0.1) is 0 Å². The topological polar surface area (TPSA) is 62.2 Å². The van der Waals surface area contributed by atoms with Gasteiger partial charge >= 0.3 is 0 Å². The van der Waals surface area contributed by atoms with E-state index in [9.17, 15) is 9.59 Å². The van der Waals surface area contributed by atoms with Crippen LogP contribution in [0.1, 0.15) is 19.8 Å². The number of hydrazone groups is 1. The Labute approximate surface area is 167 Å². The van der Waals surface area contributed by atoms with E-state index >= 15 is 0 Å². The summed E-state index contributed by atoms with van der Waals surface area (Å²) in [4.78, 5) is 27.7. The zero-order valence-corrected chi connectivity index (χ0v) is 16.5. The second kappa shape index (κ2) is 7.53. The van der Waals surface area contributed by atoms with Crippen molar-refractivity contribution in [2.75, 3.05) is 18.2 Å². The molecular formula is C19H19N3O3S2. The summed E-state index contributed by atoms with van der Waals surface area (Å²) in [6, 6.07) is 9.27. The van der Waals surface area contributed by atoms with Gasteiger partial charge in [0.15, 0.2) is 0 Å². The van der Waals surface area contributed by atoms with Gasteiger partial charge in [-0.1, -0.05) is 42.2 Å². The van der Waals surface area contributed by atoms with Crippen LogP contribution in [0.2, 0.25) is 0 Å². The van der Waals surface area contributed by atoms with Gasteiger partial charge in [-0.2, -0.15) is 10.1 Å².